The number of pyridine rings is 1. The van der Waals surface area contributed by atoms with E-state index in [-0.39, 0.29) is 0 Å². The SMILES string of the molecule is Cc1nc(NCC2CC2)nc(NC2CCC(C3(O)CC3)C2)c1-c1nc2c(C)nccc2s1. The van der Waals surface area contributed by atoms with E-state index < -0.39 is 5.60 Å². The molecule has 2 unspecified atom stereocenters. The number of nitrogens with one attached hydrogen (secondary N) is 2. The highest BCUT2D eigenvalue weighted by molar-refractivity contribution is 7.21. The van der Waals surface area contributed by atoms with E-state index in [0.29, 0.717) is 17.9 Å². The van der Waals surface area contributed by atoms with Crippen molar-refractivity contribution in [1.29, 1.82) is 0 Å². The first kappa shape index (κ1) is 20.3. The molecule has 3 aromatic rings. The van der Waals surface area contributed by atoms with Crippen LogP contribution < -0.4 is 10.6 Å². The maximum Gasteiger partial charge on any atom is 0.224 e. The molecule has 32 heavy (non-hydrogen) atoms. The molecule has 168 valence electrons. The molecule has 0 saturated heterocycles. The molecular formula is C24H30N6OS. The van der Waals surface area contributed by atoms with Gasteiger partial charge in [-0.25, -0.2) is 9.97 Å². The van der Waals surface area contributed by atoms with Crippen molar-refractivity contribution in [2.24, 2.45) is 11.8 Å². The topological polar surface area (TPSA) is 95.9 Å². The maximum atomic E-state index is 10.6. The van der Waals surface area contributed by atoms with Gasteiger partial charge in [0.25, 0.3) is 0 Å². The van der Waals surface area contributed by atoms with Gasteiger partial charge in [0.2, 0.25) is 5.95 Å². The van der Waals surface area contributed by atoms with Crippen LogP contribution in [0.25, 0.3) is 20.8 Å². The summed E-state index contributed by atoms with van der Waals surface area (Å²) in [5.74, 6) is 2.70. The lowest BCUT2D eigenvalue weighted by Gasteiger charge is -2.20. The zero-order valence-corrected chi connectivity index (χ0v) is 19.5. The predicted molar refractivity (Wildman–Crippen MR) is 128 cm³/mol. The zero-order chi connectivity index (χ0) is 21.9. The number of aryl methyl sites for hydroxylation is 2. The van der Waals surface area contributed by atoms with Gasteiger partial charge in [-0.05, 0) is 76.7 Å². The molecular weight excluding hydrogens is 420 g/mol. The van der Waals surface area contributed by atoms with E-state index in [2.05, 4.69) is 15.6 Å². The molecule has 3 aliphatic carbocycles. The summed E-state index contributed by atoms with van der Waals surface area (Å²) in [7, 11) is 0. The van der Waals surface area contributed by atoms with Gasteiger partial charge < -0.3 is 15.7 Å². The van der Waals surface area contributed by atoms with Crippen molar-refractivity contribution >= 4 is 33.3 Å². The van der Waals surface area contributed by atoms with E-state index in [0.717, 1.165) is 82.6 Å². The van der Waals surface area contributed by atoms with Gasteiger partial charge in [0.05, 0.1) is 27.3 Å². The first-order valence-corrected chi connectivity index (χ1v) is 12.6. The molecule has 2 atom stereocenters. The third-order valence-corrected chi connectivity index (χ3v) is 8.37. The van der Waals surface area contributed by atoms with Crippen LogP contribution in [0.5, 0.6) is 0 Å². The van der Waals surface area contributed by atoms with Gasteiger partial charge in [-0.2, -0.15) is 4.98 Å². The molecule has 3 saturated carbocycles. The Kier molecular flexibility index (Phi) is 4.84. The minimum absolute atomic E-state index is 0.312. The standard InChI is InChI=1S/C24H30N6OS/c1-13-19(22-29-20-14(2)25-10-7-18(20)32-22)21(30-23(27-13)26-12-15-3-4-15)28-17-6-5-16(11-17)24(31)8-9-24/h7,10,15-17,31H,3-6,8-9,11-12H2,1-2H3,(H2,26,27,28,30). The van der Waals surface area contributed by atoms with Crippen molar-refractivity contribution in [2.45, 2.75) is 70.4 Å². The average molecular weight is 451 g/mol. The number of aromatic nitrogens is 4. The van der Waals surface area contributed by atoms with E-state index in [1.807, 2.05) is 26.1 Å². The second kappa shape index (κ2) is 7.63. The smallest absolute Gasteiger partial charge is 0.224 e. The summed E-state index contributed by atoms with van der Waals surface area (Å²) in [5, 5.41) is 18.7. The van der Waals surface area contributed by atoms with Crippen molar-refractivity contribution < 1.29 is 5.11 Å². The number of hydrogen-bond acceptors (Lipinski definition) is 8. The molecule has 3 fully saturated rings. The molecule has 0 aromatic carbocycles. The Bertz CT molecular complexity index is 1170. The molecule has 8 heteroatoms. The number of anilines is 2. The normalized spacial score (nSPS) is 24.1. The molecule has 3 aromatic heterocycles. The minimum atomic E-state index is -0.407. The summed E-state index contributed by atoms with van der Waals surface area (Å²) in [6.45, 7) is 4.98. The van der Waals surface area contributed by atoms with Crippen molar-refractivity contribution in [3.8, 4) is 10.6 Å². The van der Waals surface area contributed by atoms with Crippen LogP contribution >= 0.6 is 11.3 Å². The molecule has 0 spiro atoms. The second-order valence-electron chi connectivity index (χ2n) is 9.90. The molecule has 0 amide bonds. The van der Waals surface area contributed by atoms with Crippen LogP contribution in [0.4, 0.5) is 11.8 Å². The summed E-state index contributed by atoms with van der Waals surface area (Å²) < 4.78 is 1.13. The molecule has 0 radical (unpaired) electrons. The minimum Gasteiger partial charge on any atom is -0.390 e. The highest BCUT2D eigenvalue weighted by Gasteiger charge is 2.50. The van der Waals surface area contributed by atoms with Crippen molar-refractivity contribution in [3.05, 3.63) is 23.7 Å². The first-order chi connectivity index (χ1) is 15.5. The fraction of sp³-hybridized carbons (Fsp3) is 0.583. The van der Waals surface area contributed by atoms with Crippen LogP contribution in [0.2, 0.25) is 0 Å². The van der Waals surface area contributed by atoms with Gasteiger partial charge in [0, 0.05) is 18.8 Å². The van der Waals surface area contributed by atoms with E-state index in [4.69, 9.17) is 15.0 Å². The molecule has 0 bridgehead atoms. The third-order valence-electron chi connectivity index (χ3n) is 7.34. The number of aliphatic hydroxyl groups is 1. The number of fused-ring (bicyclic) bond motifs is 1. The summed E-state index contributed by atoms with van der Waals surface area (Å²) in [6.07, 6.45) is 9.46. The van der Waals surface area contributed by atoms with Gasteiger partial charge in [-0.15, -0.1) is 11.3 Å². The Labute approximate surface area is 192 Å². The molecule has 3 N–H and O–H groups in total. The van der Waals surface area contributed by atoms with Crippen LogP contribution in [0.15, 0.2) is 12.3 Å². The van der Waals surface area contributed by atoms with E-state index >= 15 is 0 Å². The Morgan fingerprint density at radius 3 is 2.69 bits per heavy atom. The van der Waals surface area contributed by atoms with E-state index in [9.17, 15) is 5.11 Å². The van der Waals surface area contributed by atoms with Crippen LogP contribution in [0.3, 0.4) is 0 Å². The van der Waals surface area contributed by atoms with Gasteiger partial charge in [-0.1, -0.05) is 0 Å². The Balaban J connectivity index is 1.34. The Morgan fingerprint density at radius 1 is 1.09 bits per heavy atom. The number of hydrogen-bond donors (Lipinski definition) is 3. The fourth-order valence-electron chi connectivity index (χ4n) is 4.99. The molecule has 3 heterocycles. The van der Waals surface area contributed by atoms with Crippen LogP contribution in [0, 0.1) is 25.7 Å². The second-order valence-corrected chi connectivity index (χ2v) is 10.9. The quantitative estimate of drug-likeness (QED) is 0.480. The van der Waals surface area contributed by atoms with Gasteiger partial charge in [0.1, 0.15) is 16.3 Å². The third kappa shape index (κ3) is 3.83. The summed E-state index contributed by atoms with van der Waals surface area (Å²) in [6, 6.07) is 2.34. The van der Waals surface area contributed by atoms with E-state index in [1.54, 1.807) is 11.3 Å². The lowest BCUT2D eigenvalue weighted by Crippen LogP contribution is -2.23. The molecule has 6 rings (SSSR count). The number of nitrogens with zero attached hydrogens (tertiary/aromatic N) is 4. The van der Waals surface area contributed by atoms with Gasteiger partial charge >= 0.3 is 0 Å². The van der Waals surface area contributed by atoms with Crippen molar-refractivity contribution in [3.63, 3.8) is 0 Å². The highest BCUT2D eigenvalue weighted by Crippen LogP contribution is 2.49. The molecule has 0 aliphatic heterocycles. The highest BCUT2D eigenvalue weighted by atomic mass is 32.1. The summed E-state index contributed by atoms with van der Waals surface area (Å²) >= 11 is 1.67. The zero-order valence-electron chi connectivity index (χ0n) is 18.7. The first-order valence-electron chi connectivity index (χ1n) is 11.8. The number of rotatable bonds is 7. The lowest BCUT2D eigenvalue weighted by atomic mass is 9.98. The maximum absolute atomic E-state index is 10.6. The largest absolute Gasteiger partial charge is 0.390 e. The predicted octanol–water partition coefficient (Wildman–Crippen LogP) is 4.69. The van der Waals surface area contributed by atoms with Crippen molar-refractivity contribution in [1.82, 2.24) is 19.9 Å². The van der Waals surface area contributed by atoms with E-state index in [1.165, 1.54) is 12.8 Å². The fourth-order valence-corrected chi connectivity index (χ4v) is 6.10. The van der Waals surface area contributed by atoms with Crippen LogP contribution in [0.1, 0.15) is 56.3 Å². The Hall–Kier alpha value is -2.32. The lowest BCUT2D eigenvalue weighted by molar-refractivity contribution is 0.0847. The average Bonchev–Trinajstić information content (AvgIpc) is 3.64. The molecule has 3 aliphatic rings. The summed E-state index contributed by atoms with van der Waals surface area (Å²) in [4.78, 5) is 19.1. The van der Waals surface area contributed by atoms with Crippen molar-refractivity contribution in [2.75, 3.05) is 17.2 Å². The monoisotopic (exact) mass is 450 g/mol. The number of thiazole rings is 1. The van der Waals surface area contributed by atoms with Gasteiger partial charge in [0.15, 0.2) is 0 Å². The Morgan fingerprint density at radius 2 is 1.94 bits per heavy atom. The van der Waals surface area contributed by atoms with Crippen LogP contribution in [-0.4, -0.2) is 43.2 Å². The van der Waals surface area contributed by atoms with Crippen LogP contribution in [-0.2, 0) is 0 Å². The summed E-state index contributed by atoms with van der Waals surface area (Å²) in [5.41, 5.74) is 3.40. The van der Waals surface area contributed by atoms with Gasteiger partial charge in [-0.3, -0.25) is 4.98 Å². The molecule has 7 nitrogen and oxygen atoms in total.